The van der Waals surface area contributed by atoms with Crippen LogP contribution in [0.5, 0.6) is 0 Å². The summed E-state index contributed by atoms with van der Waals surface area (Å²) in [6, 6.07) is 7.35. The number of nitrogens with zero attached hydrogens (tertiary/aromatic N) is 3. The Balaban J connectivity index is 1.68. The van der Waals surface area contributed by atoms with Crippen LogP contribution in [-0.2, 0) is 21.0 Å². The molecule has 7 nitrogen and oxygen atoms in total. The molecule has 0 N–H and O–H groups in total. The summed E-state index contributed by atoms with van der Waals surface area (Å²) in [7, 11) is -0.905. The molecule has 11 heteroatoms. The van der Waals surface area contributed by atoms with Crippen LogP contribution >= 0.6 is 0 Å². The molecular weight excluding hydrogens is 459 g/mol. The van der Waals surface area contributed by atoms with Crippen molar-refractivity contribution in [3.63, 3.8) is 0 Å². The number of halogens is 3. The molecule has 1 fully saturated rings. The van der Waals surface area contributed by atoms with E-state index in [1.807, 2.05) is 7.05 Å². The molecule has 4 rings (SSSR count). The standard InChI is InChI=1S/C22H26F3N3O4S/c1-14-12-19(20(32-14)22(23,24)25)33(30,31)28-13-17(16-6-4-5-7-18(16)28)21(29)27(3)15-8-10-26(2)11-9-15/h4-7,12,15,17H,8-11,13H2,1-3H3. The number of alkyl halides is 3. The van der Waals surface area contributed by atoms with Gasteiger partial charge in [-0.2, -0.15) is 13.2 Å². The number of sulfonamides is 1. The first-order valence-corrected chi connectivity index (χ1v) is 12.1. The molecular formula is C22H26F3N3O4S. The average Bonchev–Trinajstić information content (AvgIpc) is 3.35. The highest BCUT2D eigenvalue weighted by Crippen LogP contribution is 2.44. The quantitative estimate of drug-likeness (QED) is 0.663. The molecule has 1 unspecified atom stereocenters. The van der Waals surface area contributed by atoms with E-state index in [4.69, 9.17) is 4.42 Å². The van der Waals surface area contributed by atoms with E-state index in [-0.39, 0.29) is 29.9 Å². The molecule has 1 saturated heterocycles. The summed E-state index contributed by atoms with van der Waals surface area (Å²) in [5.74, 6) is -2.77. The van der Waals surface area contributed by atoms with Crippen LogP contribution in [0, 0.1) is 6.92 Å². The Labute approximate surface area is 190 Å². The number of hydrogen-bond donors (Lipinski definition) is 0. The molecule has 180 valence electrons. The number of benzene rings is 1. The number of likely N-dealkylation sites (tertiary alicyclic amines) is 1. The fraction of sp³-hybridized carbons (Fsp3) is 0.500. The lowest BCUT2D eigenvalue weighted by atomic mass is 9.97. The Morgan fingerprint density at radius 2 is 1.82 bits per heavy atom. The number of aryl methyl sites for hydroxylation is 1. The maximum absolute atomic E-state index is 13.5. The first kappa shape index (κ1) is 23.6. The van der Waals surface area contributed by atoms with Gasteiger partial charge in [-0.05, 0) is 51.5 Å². The fourth-order valence-electron chi connectivity index (χ4n) is 4.62. The maximum Gasteiger partial charge on any atom is 0.450 e. The number of piperidine rings is 1. The van der Waals surface area contributed by atoms with Crippen LogP contribution in [0.1, 0.15) is 35.8 Å². The number of furan rings is 1. The van der Waals surface area contributed by atoms with Crippen molar-refractivity contribution in [3.05, 3.63) is 47.4 Å². The van der Waals surface area contributed by atoms with Gasteiger partial charge in [-0.15, -0.1) is 0 Å². The van der Waals surface area contributed by atoms with Gasteiger partial charge in [0.05, 0.1) is 18.2 Å². The van der Waals surface area contributed by atoms with E-state index in [2.05, 4.69) is 4.90 Å². The second-order valence-corrected chi connectivity index (χ2v) is 10.5. The van der Waals surface area contributed by atoms with Crippen molar-refractivity contribution in [2.75, 3.05) is 38.0 Å². The van der Waals surface area contributed by atoms with Crippen molar-refractivity contribution in [2.24, 2.45) is 0 Å². The van der Waals surface area contributed by atoms with Crippen molar-refractivity contribution in [1.29, 1.82) is 0 Å². The fourth-order valence-corrected chi connectivity index (χ4v) is 6.33. The van der Waals surface area contributed by atoms with Crippen LogP contribution in [-0.4, -0.2) is 63.9 Å². The second-order valence-electron chi connectivity index (χ2n) is 8.68. The molecule has 1 aromatic carbocycles. The molecule has 0 saturated carbocycles. The maximum atomic E-state index is 13.5. The van der Waals surface area contributed by atoms with Crippen molar-refractivity contribution in [2.45, 2.75) is 42.8 Å². The summed E-state index contributed by atoms with van der Waals surface area (Å²) in [4.78, 5) is 16.3. The van der Waals surface area contributed by atoms with Gasteiger partial charge in [0.2, 0.25) is 11.7 Å². The van der Waals surface area contributed by atoms with E-state index >= 15 is 0 Å². The van der Waals surface area contributed by atoms with E-state index < -0.39 is 32.8 Å². The molecule has 1 aromatic heterocycles. The van der Waals surface area contributed by atoms with Crippen molar-refractivity contribution in [3.8, 4) is 0 Å². The molecule has 1 atom stereocenters. The molecule has 33 heavy (non-hydrogen) atoms. The third-order valence-electron chi connectivity index (χ3n) is 6.46. The van der Waals surface area contributed by atoms with Crippen LogP contribution in [0.3, 0.4) is 0 Å². The minimum absolute atomic E-state index is 0.0277. The van der Waals surface area contributed by atoms with Crippen LogP contribution in [0.15, 0.2) is 39.6 Å². The largest absolute Gasteiger partial charge is 0.455 e. The smallest absolute Gasteiger partial charge is 0.450 e. The molecule has 0 radical (unpaired) electrons. The van der Waals surface area contributed by atoms with Crippen molar-refractivity contribution >= 4 is 21.6 Å². The number of rotatable bonds is 4. The number of para-hydroxylation sites is 1. The van der Waals surface area contributed by atoms with Crippen LogP contribution < -0.4 is 4.31 Å². The lowest BCUT2D eigenvalue weighted by molar-refractivity contribution is -0.155. The first-order valence-electron chi connectivity index (χ1n) is 10.7. The van der Waals surface area contributed by atoms with Gasteiger partial charge in [0.15, 0.2) is 0 Å². The Morgan fingerprint density at radius 3 is 2.45 bits per heavy atom. The topological polar surface area (TPSA) is 74.1 Å². The Kier molecular flexibility index (Phi) is 5.98. The molecule has 0 bridgehead atoms. The summed E-state index contributed by atoms with van der Waals surface area (Å²) in [6.07, 6.45) is -3.36. The normalized spacial score (nSPS) is 20.2. The first-order chi connectivity index (χ1) is 15.4. The Morgan fingerprint density at radius 1 is 1.18 bits per heavy atom. The van der Waals surface area contributed by atoms with Crippen LogP contribution in [0.4, 0.5) is 18.9 Å². The zero-order chi connectivity index (χ0) is 24.1. The van der Waals surface area contributed by atoms with E-state index in [1.54, 1.807) is 30.1 Å². The van der Waals surface area contributed by atoms with Gasteiger partial charge in [-0.3, -0.25) is 9.10 Å². The number of carbonyl (C=O) groups excluding carboxylic acids is 1. The summed E-state index contributed by atoms with van der Waals surface area (Å²) in [5.41, 5.74) is 0.694. The van der Waals surface area contributed by atoms with Crippen LogP contribution in [0.2, 0.25) is 0 Å². The molecule has 2 aromatic rings. The zero-order valence-electron chi connectivity index (χ0n) is 18.6. The number of anilines is 1. The van der Waals surface area contributed by atoms with Crippen molar-refractivity contribution < 1.29 is 30.8 Å². The van der Waals surface area contributed by atoms with E-state index in [9.17, 15) is 26.4 Å². The predicted molar refractivity (Wildman–Crippen MR) is 115 cm³/mol. The minimum atomic E-state index is -4.97. The number of amides is 1. The van der Waals surface area contributed by atoms with E-state index in [0.717, 1.165) is 36.3 Å². The van der Waals surface area contributed by atoms with Crippen LogP contribution in [0.25, 0.3) is 0 Å². The number of fused-ring (bicyclic) bond motifs is 1. The predicted octanol–water partition coefficient (Wildman–Crippen LogP) is 3.45. The number of carbonyl (C=O) groups is 1. The lowest BCUT2D eigenvalue weighted by Gasteiger charge is -2.36. The zero-order valence-corrected chi connectivity index (χ0v) is 19.4. The molecule has 0 spiro atoms. The molecule has 2 aliphatic heterocycles. The molecule has 2 aliphatic rings. The Hall–Kier alpha value is -2.53. The van der Waals surface area contributed by atoms with Gasteiger partial charge in [-0.25, -0.2) is 8.42 Å². The minimum Gasteiger partial charge on any atom is -0.455 e. The van der Waals surface area contributed by atoms with Gasteiger partial charge < -0.3 is 14.2 Å². The highest BCUT2D eigenvalue weighted by Gasteiger charge is 2.47. The number of hydrogen-bond acceptors (Lipinski definition) is 5. The summed E-state index contributed by atoms with van der Waals surface area (Å²) in [5, 5.41) is 0. The molecule has 3 heterocycles. The van der Waals surface area contributed by atoms with Gasteiger partial charge >= 0.3 is 6.18 Å². The third-order valence-corrected chi connectivity index (χ3v) is 8.24. The number of likely N-dealkylation sites (N-methyl/N-ethyl adjacent to an activating group) is 1. The van der Waals surface area contributed by atoms with Crippen molar-refractivity contribution in [1.82, 2.24) is 9.80 Å². The third kappa shape index (κ3) is 4.23. The highest BCUT2D eigenvalue weighted by molar-refractivity contribution is 7.93. The van der Waals surface area contributed by atoms with E-state index in [0.29, 0.717) is 5.56 Å². The summed E-state index contributed by atoms with van der Waals surface area (Å²) in [6.45, 7) is 2.70. The van der Waals surface area contributed by atoms with Gasteiger partial charge in [0, 0.05) is 19.2 Å². The van der Waals surface area contributed by atoms with Gasteiger partial charge in [0.1, 0.15) is 10.7 Å². The van der Waals surface area contributed by atoms with Gasteiger partial charge in [-0.1, -0.05) is 18.2 Å². The highest BCUT2D eigenvalue weighted by atomic mass is 32.2. The molecule has 1 amide bonds. The average molecular weight is 486 g/mol. The summed E-state index contributed by atoms with van der Waals surface area (Å²) >= 11 is 0. The SMILES string of the molecule is Cc1cc(S(=O)(=O)N2CC(C(=O)N(C)C3CCN(C)CC3)c3ccccc32)c(C(F)(F)F)o1. The summed E-state index contributed by atoms with van der Waals surface area (Å²) < 4.78 is 72.8. The van der Waals surface area contributed by atoms with Gasteiger partial charge in [0.25, 0.3) is 10.0 Å². The monoisotopic (exact) mass is 485 g/mol. The van der Waals surface area contributed by atoms with E-state index in [1.165, 1.54) is 13.0 Å². The Bertz CT molecular complexity index is 1150. The lowest BCUT2D eigenvalue weighted by Crippen LogP contribution is -2.46. The molecule has 0 aliphatic carbocycles. The second kappa shape index (κ2) is 8.35.